The molecule has 1 aromatic heterocycles. The van der Waals surface area contributed by atoms with Gasteiger partial charge >= 0.3 is 5.97 Å². The maximum Gasteiger partial charge on any atom is 0.335 e. The summed E-state index contributed by atoms with van der Waals surface area (Å²) >= 11 is 0. The van der Waals surface area contributed by atoms with Gasteiger partial charge in [-0.1, -0.05) is 6.92 Å². The van der Waals surface area contributed by atoms with Crippen molar-refractivity contribution in [3.8, 4) is 0 Å². The number of hydrogen-bond acceptors (Lipinski definition) is 4. The fourth-order valence-electron chi connectivity index (χ4n) is 1.45. The molecule has 19 heavy (non-hydrogen) atoms. The zero-order valence-corrected chi connectivity index (χ0v) is 12.3. The molecule has 0 unspecified atom stereocenters. The van der Waals surface area contributed by atoms with Crippen molar-refractivity contribution in [3.63, 3.8) is 0 Å². The number of hydrogen-bond donors (Lipinski definition) is 2. The lowest BCUT2D eigenvalue weighted by Crippen LogP contribution is -2.44. The van der Waals surface area contributed by atoms with Crippen molar-refractivity contribution in [2.75, 3.05) is 26.0 Å². The van der Waals surface area contributed by atoms with Gasteiger partial charge in [-0.2, -0.15) is 0 Å². The van der Waals surface area contributed by atoms with Gasteiger partial charge in [-0.3, -0.25) is 0 Å². The van der Waals surface area contributed by atoms with Crippen LogP contribution in [0.1, 0.15) is 36.8 Å². The molecule has 0 aliphatic rings. The molecule has 0 fully saturated rings. The summed E-state index contributed by atoms with van der Waals surface area (Å²) in [6.07, 6.45) is 0.715. The third-order valence-electron chi connectivity index (χ3n) is 3.40. The van der Waals surface area contributed by atoms with E-state index in [4.69, 9.17) is 5.11 Å². The molecule has 0 aromatic carbocycles. The normalized spacial score (nSPS) is 11.7. The number of carboxylic acid groups (broad SMARTS) is 1. The number of likely N-dealkylation sites (N-methyl/N-ethyl adjacent to an activating group) is 1. The first kappa shape index (κ1) is 15.4. The Balaban J connectivity index is 2.89. The molecule has 0 bridgehead atoms. The standard InChI is InChI=1S/C14H23N3O2/c1-6-11-7-10(13(18)19)8-12(16-11)15-9-14(2,3)17(4)5/h7-8H,6,9H2,1-5H3,(H,15,16)(H,18,19). The Morgan fingerprint density at radius 3 is 2.53 bits per heavy atom. The highest BCUT2D eigenvalue weighted by Gasteiger charge is 2.20. The zero-order chi connectivity index (χ0) is 14.6. The summed E-state index contributed by atoms with van der Waals surface area (Å²) in [7, 11) is 4.03. The zero-order valence-electron chi connectivity index (χ0n) is 12.3. The molecule has 0 saturated heterocycles. The summed E-state index contributed by atoms with van der Waals surface area (Å²) in [6.45, 7) is 6.88. The number of nitrogens with one attached hydrogen (secondary N) is 1. The highest BCUT2D eigenvalue weighted by molar-refractivity contribution is 5.88. The predicted molar refractivity (Wildman–Crippen MR) is 76.8 cm³/mol. The Kier molecular flexibility index (Phi) is 4.89. The molecule has 0 spiro atoms. The van der Waals surface area contributed by atoms with Crippen LogP contribution in [0.25, 0.3) is 0 Å². The topological polar surface area (TPSA) is 65.5 Å². The van der Waals surface area contributed by atoms with Crippen LogP contribution in [0.2, 0.25) is 0 Å². The van der Waals surface area contributed by atoms with E-state index in [2.05, 4.69) is 29.0 Å². The predicted octanol–water partition coefficient (Wildman–Crippen LogP) is 2.09. The summed E-state index contributed by atoms with van der Waals surface area (Å²) in [4.78, 5) is 17.6. The molecular weight excluding hydrogens is 242 g/mol. The third kappa shape index (κ3) is 4.21. The maximum atomic E-state index is 11.1. The van der Waals surface area contributed by atoms with E-state index in [1.807, 2.05) is 21.0 Å². The number of anilines is 1. The molecule has 0 aliphatic heterocycles. The number of aromatic nitrogens is 1. The Labute approximate surface area is 114 Å². The second kappa shape index (κ2) is 6.02. The highest BCUT2D eigenvalue weighted by Crippen LogP contribution is 2.15. The van der Waals surface area contributed by atoms with Crippen molar-refractivity contribution in [1.29, 1.82) is 0 Å². The number of aryl methyl sites for hydroxylation is 1. The van der Waals surface area contributed by atoms with Gasteiger partial charge in [-0.15, -0.1) is 0 Å². The van der Waals surface area contributed by atoms with Gasteiger partial charge in [-0.25, -0.2) is 9.78 Å². The lowest BCUT2D eigenvalue weighted by molar-refractivity contribution is 0.0696. The van der Waals surface area contributed by atoms with Crippen LogP contribution in [0.15, 0.2) is 12.1 Å². The molecule has 0 amide bonds. The van der Waals surface area contributed by atoms with Gasteiger partial charge in [0.1, 0.15) is 5.82 Å². The quantitative estimate of drug-likeness (QED) is 0.824. The van der Waals surface area contributed by atoms with Gasteiger partial charge in [0.25, 0.3) is 0 Å². The fourth-order valence-corrected chi connectivity index (χ4v) is 1.45. The number of nitrogens with zero attached hydrogens (tertiary/aromatic N) is 2. The van der Waals surface area contributed by atoms with Crippen molar-refractivity contribution >= 4 is 11.8 Å². The fraction of sp³-hybridized carbons (Fsp3) is 0.571. The largest absolute Gasteiger partial charge is 0.478 e. The average Bonchev–Trinajstić information content (AvgIpc) is 2.35. The molecule has 0 atom stereocenters. The van der Waals surface area contributed by atoms with Crippen LogP contribution < -0.4 is 5.32 Å². The van der Waals surface area contributed by atoms with Crippen LogP contribution in [0, 0.1) is 0 Å². The number of aromatic carboxylic acids is 1. The Morgan fingerprint density at radius 1 is 1.42 bits per heavy atom. The van der Waals surface area contributed by atoms with E-state index in [9.17, 15) is 4.79 Å². The van der Waals surface area contributed by atoms with Crippen LogP contribution in [0.4, 0.5) is 5.82 Å². The molecule has 5 heteroatoms. The van der Waals surface area contributed by atoms with E-state index in [-0.39, 0.29) is 11.1 Å². The second-order valence-electron chi connectivity index (χ2n) is 5.45. The van der Waals surface area contributed by atoms with Gasteiger partial charge in [0, 0.05) is 17.8 Å². The molecule has 1 rings (SSSR count). The third-order valence-corrected chi connectivity index (χ3v) is 3.40. The number of carbonyl (C=O) groups is 1. The summed E-state index contributed by atoms with van der Waals surface area (Å²) in [5, 5.41) is 12.3. The SMILES string of the molecule is CCc1cc(C(=O)O)cc(NCC(C)(C)N(C)C)n1. The van der Waals surface area contributed by atoms with Crippen molar-refractivity contribution in [2.45, 2.75) is 32.7 Å². The summed E-state index contributed by atoms with van der Waals surface area (Å²) < 4.78 is 0. The van der Waals surface area contributed by atoms with Gasteiger partial charge in [0.05, 0.1) is 5.56 Å². The number of pyridine rings is 1. The molecule has 2 N–H and O–H groups in total. The first-order chi connectivity index (χ1) is 8.76. The number of carboxylic acids is 1. The molecule has 5 nitrogen and oxygen atoms in total. The van der Waals surface area contributed by atoms with Crippen LogP contribution in [0.5, 0.6) is 0 Å². The minimum atomic E-state index is -0.924. The summed E-state index contributed by atoms with van der Waals surface area (Å²) in [5.74, 6) is -0.307. The monoisotopic (exact) mass is 265 g/mol. The van der Waals surface area contributed by atoms with Crippen molar-refractivity contribution < 1.29 is 9.90 Å². The molecule has 1 heterocycles. The van der Waals surface area contributed by atoms with E-state index < -0.39 is 5.97 Å². The molecule has 0 saturated carbocycles. The Hall–Kier alpha value is -1.62. The van der Waals surface area contributed by atoms with Gasteiger partial charge in [0.15, 0.2) is 0 Å². The Bertz CT molecular complexity index is 456. The minimum absolute atomic E-state index is 0.0344. The van der Waals surface area contributed by atoms with Crippen molar-refractivity contribution in [3.05, 3.63) is 23.4 Å². The van der Waals surface area contributed by atoms with Crippen molar-refractivity contribution in [2.24, 2.45) is 0 Å². The maximum absolute atomic E-state index is 11.1. The summed E-state index contributed by atoms with van der Waals surface area (Å²) in [6, 6.07) is 3.19. The highest BCUT2D eigenvalue weighted by atomic mass is 16.4. The van der Waals surface area contributed by atoms with E-state index >= 15 is 0 Å². The van der Waals surface area contributed by atoms with Gasteiger partial charge in [0.2, 0.25) is 0 Å². The second-order valence-corrected chi connectivity index (χ2v) is 5.45. The minimum Gasteiger partial charge on any atom is -0.478 e. The van der Waals surface area contributed by atoms with Gasteiger partial charge < -0.3 is 15.3 Å². The van der Waals surface area contributed by atoms with Crippen LogP contribution in [0.3, 0.4) is 0 Å². The lowest BCUT2D eigenvalue weighted by Gasteiger charge is -2.32. The molecule has 0 radical (unpaired) electrons. The average molecular weight is 265 g/mol. The smallest absolute Gasteiger partial charge is 0.335 e. The summed E-state index contributed by atoms with van der Waals surface area (Å²) in [5.41, 5.74) is 1.02. The molecule has 1 aromatic rings. The molecule has 0 aliphatic carbocycles. The Morgan fingerprint density at radius 2 is 2.05 bits per heavy atom. The van der Waals surface area contributed by atoms with Crippen LogP contribution in [-0.2, 0) is 6.42 Å². The molecule has 106 valence electrons. The van der Waals surface area contributed by atoms with E-state index in [1.54, 1.807) is 12.1 Å². The lowest BCUT2D eigenvalue weighted by atomic mass is 10.0. The van der Waals surface area contributed by atoms with E-state index in [0.717, 1.165) is 5.69 Å². The first-order valence-corrected chi connectivity index (χ1v) is 6.42. The number of rotatable bonds is 6. The molecular formula is C14H23N3O2. The van der Waals surface area contributed by atoms with E-state index in [1.165, 1.54) is 0 Å². The van der Waals surface area contributed by atoms with Crippen LogP contribution in [-0.4, -0.2) is 47.1 Å². The first-order valence-electron chi connectivity index (χ1n) is 6.42. The van der Waals surface area contributed by atoms with E-state index in [0.29, 0.717) is 18.8 Å². The van der Waals surface area contributed by atoms with Crippen molar-refractivity contribution in [1.82, 2.24) is 9.88 Å². The van der Waals surface area contributed by atoms with Crippen LogP contribution >= 0.6 is 0 Å². The van der Waals surface area contributed by atoms with Gasteiger partial charge in [-0.05, 0) is 46.5 Å².